The standard InChI is InChI=1S/C14H25N3O2S2/c1-5-16-10-14(6-13(16)7-15-4)21(18,19)17-8-11(2)20-12(3)9-17/h6,10-12,15H,5,7-9H2,1-4H3. The molecule has 0 amide bonds. The van der Waals surface area contributed by atoms with Gasteiger partial charge in [-0.25, -0.2) is 8.42 Å². The van der Waals surface area contributed by atoms with E-state index in [1.807, 2.05) is 30.3 Å². The van der Waals surface area contributed by atoms with E-state index < -0.39 is 10.0 Å². The number of sulfonamides is 1. The maximum atomic E-state index is 12.8. The second-order valence-corrected chi connectivity index (χ2v) is 9.38. The maximum absolute atomic E-state index is 12.8. The molecule has 0 spiro atoms. The molecule has 7 heteroatoms. The van der Waals surface area contributed by atoms with Gasteiger partial charge in [0.05, 0.1) is 0 Å². The lowest BCUT2D eigenvalue weighted by Crippen LogP contribution is -2.43. The first-order valence-corrected chi connectivity index (χ1v) is 9.76. The van der Waals surface area contributed by atoms with Crippen LogP contribution in [-0.2, 0) is 23.1 Å². The maximum Gasteiger partial charge on any atom is 0.244 e. The minimum absolute atomic E-state index is 0.341. The van der Waals surface area contributed by atoms with Crippen LogP contribution in [0.25, 0.3) is 0 Å². The zero-order chi connectivity index (χ0) is 15.6. The Kier molecular flexibility index (Phi) is 5.40. The summed E-state index contributed by atoms with van der Waals surface area (Å²) in [5.41, 5.74) is 1.01. The van der Waals surface area contributed by atoms with Gasteiger partial charge in [0, 0.05) is 48.6 Å². The van der Waals surface area contributed by atoms with Crippen LogP contribution in [0.3, 0.4) is 0 Å². The molecule has 1 N–H and O–H groups in total. The van der Waals surface area contributed by atoms with E-state index in [2.05, 4.69) is 19.2 Å². The number of aryl methyl sites for hydroxylation is 1. The molecule has 1 aromatic heterocycles. The minimum Gasteiger partial charge on any atom is -0.349 e. The number of hydrogen-bond acceptors (Lipinski definition) is 4. The summed E-state index contributed by atoms with van der Waals surface area (Å²) in [4.78, 5) is 0.418. The molecule has 2 atom stereocenters. The molecular weight excluding hydrogens is 306 g/mol. The largest absolute Gasteiger partial charge is 0.349 e. The molecule has 1 fully saturated rings. The molecule has 0 saturated carbocycles. The van der Waals surface area contributed by atoms with Crippen molar-refractivity contribution in [2.45, 2.75) is 49.3 Å². The number of nitrogens with zero attached hydrogens (tertiary/aromatic N) is 2. The Bertz CT molecular complexity index is 573. The minimum atomic E-state index is -3.39. The summed E-state index contributed by atoms with van der Waals surface area (Å²) in [6, 6.07) is 1.80. The van der Waals surface area contributed by atoms with E-state index in [0.717, 1.165) is 12.2 Å². The van der Waals surface area contributed by atoms with Gasteiger partial charge in [0.15, 0.2) is 0 Å². The lowest BCUT2D eigenvalue weighted by atomic mass is 10.4. The van der Waals surface area contributed by atoms with Crippen molar-refractivity contribution in [3.05, 3.63) is 18.0 Å². The highest BCUT2D eigenvalue weighted by Gasteiger charge is 2.32. The molecule has 5 nitrogen and oxygen atoms in total. The van der Waals surface area contributed by atoms with Crippen LogP contribution in [0.4, 0.5) is 0 Å². The molecule has 0 aliphatic carbocycles. The van der Waals surface area contributed by atoms with Gasteiger partial charge in [0.1, 0.15) is 4.90 Å². The molecule has 2 heterocycles. The summed E-state index contributed by atoms with van der Waals surface area (Å²) in [5.74, 6) is 0. The van der Waals surface area contributed by atoms with Gasteiger partial charge in [-0.1, -0.05) is 13.8 Å². The highest BCUT2D eigenvalue weighted by atomic mass is 32.2. The van der Waals surface area contributed by atoms with Crippen molar-refractivity contribution >= 4 is 21.8 Å². The van der Waals surface area contributed by atoms with Crippen molar-refractivity contribution in [3.63, 3.8) is 0 Å². The van der Waals surface area contributed by atoms with Crippen molar-refractivity contribution in [1.29, 1.82) is 0 Å². The normalized spacial score (nSPS) is 24.4. The number of thioether (sulfide) groups is 1. The van der Waals surface area contributed by atoms with Gasteiger partial charge in [-0.3, -0.25) is 0 Å². The summed E-state index contributed by atoms with van der Waals surface area (Å²) < 4.78 is 29.3. The van der Waals surface area contributed by atoms with Crippen LogP contribution in [0.15, 0.2) is 17.2 Å². The summed E-state index contributed by atoms with van der Waals surface area (Å²) in [7, 11) is -1.52. The fourth-order valence-corrected chi connectivity index (χ4v) is 5.96. The van der Waals surface area contributed by atoms with Gasteiger partial charge in [0.2, 0.25) is 10.0 Å². The first kappa shape index (κ1) is 16.9. The van der Waals surface area contributed by atoms with Crippen LogP contribution in [0.5, 0.6) is 0 Å². The highest BCUT2D eigenvalue weighted by Crippen LogP contribution is 2.29. The Balaban J connectivity index is 2.30. The smallest absolute Gasteiger partial charge is 0.244 e. The first-order valence-electron chi connectivity index (χ1n) is 7.37. The third-order valence-electron chi connectivity index (χ3n) is 3.68. The van der Waals surface area contributed by atoms with Crippen molar-refractivity contribution in [2.75, 3.05) is 20.1 Å². The molecule has 1 saturated heterocycles. The van der Waals surface area contributed by atoms with E-state index in [0.29, 0.717) is 35.0 Å². The van der Waals surface area contributed by atoms with E-state index in [9.17, 15) is 8.42 Å². The van der Waals surface area contributed by atoms with Crippen molar-refractivity contribution in [2.24, 2.45) is 0 Å². The van der Waals surface area contributed by atoms with E-state index in [4.69, 9.17) is 0 Å². The van der Waals surface area contributed by atoms with E-state index >= 15 is 0 Å². The number of aromatic nitrogens is 1. The fraction of sp³-hybridized carbons (Fsp3) is 0.714. The number of hydrogen-bond donors (Lipinski definition) is 1. The van der Waals surface area contributed by atoms with Crippen molar-refractivity contribution in [3.8, 4) is 0 Å². The van der Waals surface area contributed by atoms with Gasteiger partial charge in [-0.15, -0.1) is 0 Å². The van der Waals surface area contributed by atoms with E-state index in [-0.39, 0.29) is 0 Å². The molecule has 120 valence electrons. The molecule has 2 rings (SSSR count). The Hall–Kier alpha value is -0.500. The lowest BCUT2D eigenvalue weighted by Gasteiger charge is -2.33. The quantitative estimate of drug-likeness (QED) is 0.893. The Morgan fingerprint density at radius 3 is 2.48 bits per heavy atom. The first-order chi connectivity index (χ1) is 9.88. The van der Waals surface area contributed by atoms with Gasteiger partial charge in [-0.05, 0) is 20.0 Å². The Morgan fingerprint density at radius 2 is 1.95 bits per heavy atom. The number of rotatable bonds is 5. The summed E-state index contributed by atoms with van der Waals surface area (Å²) in [5, 5.41) is 3.77. The zero-order valence-electron chi connectivity index (χ0n) is 13.2. The van der Waals surface area contributed by atoms with Gasteiger partial charge in [-0.2, -0.15) is 16.1 Å². The fourth-order valence-electron chi connectivity index (χ4n) is 2.77. The second kappa shape index (κ2) is 6.73. The lowest BCUT2D eigenvalue weighted by molar-refractivity contribution is 0.405. The molecule has 0 bridgehead atoms. The predicted octanol–water partition coefficient (Wildman–Crippen LogP) is 1.74. The average molecular weight is 332 g/mol. The Labute approximate surface area is 132 Å². The predicted molar refractivity (Wildman–Crippen MR) is 88.1 cm³/mol. The van der Waals surface area contributed by atoms with Crippen molar-refractivity contribution < 1.29 is 8.42 Å². The van der Waals surface area contributed by atoms with Crippen LogP contribution < -0.4 is 5.32 Å². The molecule has 1 aliphatic heterocycles. The number of nitrogens with one attached hydrogen (secondary N) is 1. The molecule has 1 aliphatic rings. The third kappa shape index (κ3) is 3.64. The summed E-state index contributed by atoms with van der Waals surface area (Å²) >= 11 is 1.86. The molecular formula is C14H25N3O2S2. The monoisotopic (exact) mass is 331 g/mol. The second-order valence-electron chi connectivity index (χ2n) is 5.56. The van der Waals surface area contributed by atoms with Gasteiger partial charge >= 0.3 is 0 Å². The highest BCUT2D eigenvalue weighted by molar-refractivity contribution is 8.00. The van der Waals surface area contributed by atoms with E-state index in [1.54, 1.807) is 16.6 Å². The van der Waals surface area contributed by atoms with Crippen LogP contribution in [0.1, 0.15) is 26.5 Å². The summed E-state index contributed by atoms with van der Waals surface area (Å²) in [6.07, 6.45) is 1.76. The summed E-state index contributed by atoms with van der Waals surface area (Å²) in [6.45, 7) is 8.84. The molecule has 0 radical (unpaired) electrons. The van der Waals surface area contributed by atoms with E-state index in [1.165, 1.54) is 0 Å². The van der Waals surface area contributed by atoms with Crippen LogP contribution in [0, 0.1) is 0 Å². The van der Waals surface area contributed by atoms with Gasteiger partial charge < -0.3 is 9.88 Å². The molecule has 21 heavy (non-hydrogen) atoms. The van der Waals surface area contributed by atoms with Crippen LogP contribution >= 0.6 is 11.8 Å². The molecule has 2 unspecified atom stereocenters. The van der Waals surface area contributed by atoms with Crippen LogP contribution in [0.2, 0.25) is 0 Å². The molecule has 1 aromatic rings. The molecule has 0 aromatic carbocycles. The van der Waals surface area contributed by atoms with Crippen LogP contribution in [-0.4, -0.2) is 47.9 Å². The topological polar surface area (TPSA) is 54.3 Å². The van der Waals surface area contributed by atoms with Crippen molar-refractivity contribution in [1.82, 2.24) is 14.2 Å². The zero-order valence-corrected chi connectivity index (χ0v) is 14.8. The SMILES string of the molecule is CCn1cc(S(=O)(=O)N2CC(C)SC(C)C2)cc1CNC. The Morgan fingerprint density at radius 1 is 1.33 bits per heavy atom. The third-order valence-corrected chi connectivity index (χ3v) is 6.71. The average Bonchev–Trinajstić information content (AvgIpc) is 2.82. The van der Waals surface area contributed by atoms with Gasteiger partial charge in [0.25, 0.3) is 0 Å².